The van der Waals surface area contributed by atoms with Gasteiger partial charge in [-0.1, -0.05) is 11.8 Å². The van der Waals surface area contributed by atoms with E-state index in [9.17, 15) is 9.59 Å². The van der Waals surface area contributed by atoms with Gasteiger partial charge in [0.25, 0.3) is 5.56 Å². The Bertz CT molecular complexity index is 739. The maximum absolute atomic E-state index is 12.0. The number of rotatable bonds is 5. The third-order valence-corrected chi connectivity index (χ3v) is 4.75. The molecule has 0 saturated carbocycles. The van der Waals surface area contributed by atoms with Crippen molar-refractivity contribution in [3.05, 3.63) is 46.9 Å². The van der Waals surface area contributed by atoms with Crippen LogP contribution < -0.4 is 15.8 Å². The van der Waals surface area contributed by atoms with Crippen LogP contribution >= 0.6 is 11.8 Å². The van der Waals surface area contributed by atoms with Crippen LogP contribution in [0.2, 0.25) is 0 Å². The molecule has 0 atom stereocenters. The fourth-order valence-electron chi connectivity index (χ4n) is 2.66. The van der Waals surface area contributed by atoms with Crippen LogP contribution in [0, 0.1) is 0 Å². The van der Waals surface area contributed by atoms with E-state index >= 15 is 0 Å². The first kappa shape index (κ1) is 16.6. The Kier molecular flexibility index (Phi) is 5.53. The first-order chi connectivity index (χ1) is 11.7. The normalized spacial score (nSPS) is 14.4. The van der Waals surface area contributed by atoms with Crippen molar-refractivity contribution in [1.29, 1.82) is 0 Å². The SMILES string of the molecule is O=C(CSc1nccc(=O)[nH]1)Nc1ccc(N2CCCCC2)cc1. The standard InChI is InChI=1S/C17H20N4O2S/c22-15-8-9-18-17(20-15)24-12-16(23)19-13-4-6-14(7-5-13)21-10-2-1-3-11-21/h4-9H,1-3,10-12H2,(H,19,23)(H,18,20,22). The molecule has 7 heteroatoms. The molecule has 24 heavy (non-hydrogen) atoms. The van der Waals surface area contributed by atoms with E-state index in [1.807, 2.05) is 24.3 Å². The minimum Gasteiger partial charge on any atom is -0.372 e. The third-order valence-electron chi connectivity index (χ3n) is 3.86. The van der Waals surface area contributed by atoms with Crippen molar-refractivity contribution >= 4 is 29.0 Å². The molecule has 1 fully saturated rings. The topological polar surface area (TPSA) is 78.1 Å². The van der Waals surface area contributed by atoms with Gasteiger partial charge in [-0.3, -0.25) is 9.59 Å². The fourth-order valence-corrected chi connectivity index (χ4v) is 3.31. The average Bonchev–Trinajstić information content (AvgIpc) is 2.61. The molecule has 0 radical (unpaired) electrons. The van der Waals surface area contributed by atoms with Gasteiger partial charge in [-0.15, -0.1) is 0 Å². The summed E-state index contributed by atoms with van der Waals surface area (Å²) in [4.78, 5) is 32.1. The van der Waals surface area contributed by atoms with E-state index in [1.54, 1.807) is 0 Å². The minimum absolute atomic E-state index is 0.128. The number of benzene rings is 1. The van der Waals surface area contributed by atoms with E-state index in [-0.39, 0.29) is 17.2 Å². The second-order valence-electron chi connectivity index (χ2n) is 5.67. The van der Waals surface area contributed by atoms with Crippen LogP contribution in [0.3, 0.4) is 0 Å². The number of nitrogens with zero attached hydrogens (tertiary/aromatic N) is 2. The van der Waals surface area contributed by atoms with Crippen LogP contribution in [-0.2, 0) is 4.79 Å². The lowest BCUT2D eigenvalue weighted by Gasteiger charge is -2.28. The zero-order chi connectivity index (χ0) is 16.8. The zero-order valence-electron chi connectivity index (χ0n) is 13.3. The van der Waals surface area contributed by atoms with E-state index < -0.39 is 0 Å². The van der Waals surface area contributed by atoms with E-state index in [0.717, 1.165) is 18.8 Å². The predicted octanol–water partition coefficient (Wildman–Crippen LogP) is 2.49. The summed E-state index contributed by atoms with van der Waals surface area (Å²) >= 11 is 1.20. The first-order valence-corrected chi connectivity index (χ1v) is 9.02. The fraction of sp³-hybridized carbons (Fsp3) is 0.353. The molecule has 1 aromatic heterocycles. The molecule has 2 heterocycles. The molecule has 1 aliphatic heterocycles. The number of aromatic amines is 1. The zero-order valence-corrected chi connectivity index (χ0v) is 14.1. The number of anilines is 2. The molecule has 0 spiro atoms. The van der Waals surface area contributed by atoms with Gasteiger partial charge in [0.15, 0.2) is 5.16 Å². The second-order valence-corrected chi connectivity index (χ2v) is 6.63. The number of H-pyrrole nitrogens is 1. The van der Waals surface area contributed by atoms with Crippen LogP contribution in [0.5, 0.6) is 0 Å². The van der Waals surface area contributed by atoms with Crippen molar-refractivity contribution in [2.45, 2.75) is 24.4 Å². The Balaban J connectivity index is 1.51. The summed E-state index contributed by atoms with van der Waals surface area (Å²) in [7, 11) is 0. The van der Waals surface area contributed by atoms with Crippen LogP contribution in [0.1, 0.15) is 19.3 Å². The highest BCUT2D eigenvalue weighted by atomic mass is 32.2. The number of thioether (sulfide) groups is 1. The highest BCUT2D eigenvalue weighted by Crippen LogP contribution is 2.22. The molecule has 2 aromatic rings. The Morgan fingerprint density at radius 3 is 2.62 bits per heavy atom. The van der Waals surface area contributed by atoms with Gasteiger partial charge in [-0.25, -0.2) is 4.98 Å². The number of carbonyl (C=O) groups excluding carboxylic acids is 1. The van der Waals surface area contributed by atoms with Crippen molar-refractivity contribution in [1.82, 2.24) is 9.97 Å². The van der Waals surface area contributed by atoms with Crippen LogP contribution in [0.25, 0.3) is 0 Å². The summed E-state index contributed by atoms with van der Waals surface area (Å²) < 4.78 is 0. The summed E-state index contributed by atoms with van der Waals surface area (Å²) in [6.07, 6.45) is 5.22. The maximum atomic E-state index is 12.0. The summed E-state index contributed by atoms with van der Waals surface area (Å²) in [5.74, 6) is 0.0677. The van der Waals surface area contributed by atoms with Crippen LogP contribution in [0.4, 0.5) is 11.4 Å². The molecule has 1 saturated heterocycles. The number of carbonyl (C=O) groups is 1. The van der Waals surface area contributed by atoms with E-state index in [2.05, 4.69) is 20.2 Å². The molecule has 2 N–H and O–H groups in total. The lowest BCUT2D eigenvalue weighted by Crippen LogP contribution is -2.29. The highest BCUT2D eigenvalue weighted by Gasteiger charge is 2.11. The summed E-state index contributed by atoms with van der Waals surface area (Å²) in [6.45, 7) is 2.20. The van der Waals surface area contributed by atoms with Gasteiger partial charge in [0.1, 0.15) is 0 Å². The molecule has 1 aromatic carbocycles. The maximum Gasteiger partial charge on any atom is 0.251 e. The lowest BCUT2D eigenvalue weighted by atomic mass is 10.1. The van der Waals surface area contributed by atoms with Gasteiger partial charge in [0.05, 0.1) is 5.75 Å². The molecular weight excluding hydrogens is 324 g/mol. The quantitative estimate of drug-likeness (QED) is 0.644. The third kappa shape index (κ3) is 4.61. The van der Waals surface area contributed by atoms with Crippen molar-refractivity contribution in [2.24, 2.45) is 0 Å². The number of nitrogens with one attached hydrogen (secondary N) is 2. The minimum atomic E-state index is -0.221. The van der Waals surface area contributed by atoms with E-state index in [0.29, 0.717) is 5.16 Å². The Hall–Kier alpha value is -2.28. The molecule has 1 amide bonds. The van der Waals surface area contributed by atoms with Crippen molar-refractivity contribution in [3.63, 3.8) is 0 Å². The molecule has 0 aliphatic carbocycles. The smallest absolute Gasteiger partial charge is 0.251 e. The molecule has 0 bridgehead atoms. The second kappa shape index (κ2) is 8.01. The van der Waals surface area contributed by atoms with Gasteiger partial charge in [-0.2, -0.15) is 0 Å². The summed E-state index contributed by atoms with van der Waals surface area (Å²) in [5.41, 5.74) is 1.75. The van der Waals surface area contributed by atoms with Crippen molar-refractivity contribution < 1.29 is 4.79 Å². The molecule has 126 valence electrons. The molecule has 1 aliphatic rings. The van der Waals surface area contributed by atoms with Gasteiger partial charge >= 0.3 is 0 Å². The lowest BCUT2D eigenvalue weighted by molar-refractivity contribution is -0.113. The van der Waals surface area contributed by atoms with Crippen molar-refractivity contribution in [2.75, 3.05) is 29.1 Å². The Morgan fingerprint density at radius 1 is 1.17 bits per heavy atom. The van der Waals surface area contributed by atoms with Gasteiger partial charge in [-0.05, 0) is 43.5 Å². The number of hydrogen-bond donors (Lipinski definition) is 2. The monoisotopic (exact) mass is 344 g/mol. The Morgan fingerprint density at radius 2 is 1.92 bits per heavy atom. The molecule has 3 rings (SSSR count). The largest absolute Gasteiger partial charge is 0.372 e. The summed E-state index contributed by atoms with van der Waals surface area (Å²) in [5, 5.41) is 3.30. The first-order valence-electron chi connectivity index (χ1n) is 8.04. The summed E-state index contributed by atoms with van der Waals surface area (Å²) in [6, 6.07) is 9.28. The predicted molar refractivity (Wildman–Crippen MR) is 96.7 cm³/mol. The van der Waals surface area contributed by atoms with Gasteiger partial charge in [0, 0.05) is 36.7 Å². The van der Waals surface area contributed by atoms with Gasteiger partial charge in [0.2, 0.25) is 5.91 Å². The number of hydrogen-bond acceptors (Lipinski definition) is 5. The molecular formula is C17H20N4O2S. The number of piperidine rings is 1. The van der Waals surface area contributed by atoms with E-state index in [1.165, 1.54) is 49.0 Å². The molecule has 6 nitrogen and oxygen atoms in total. The average molecular weight is 344 g/mol. The molecule has 0 unspecified atom stereocenters. The van der Waals surface area contributed by atoms with Crippen LogP contribution in [-0.4, -0.2) is 34.7 Å². The number of amides is 1. The Labute approximate surface area is 144 Å². The number of aromatic nitrogens is 2. The van der Waals surface area contributed by atoms with E-state index in [4.69, 9.17) is 0 Å². The van der Waals surface area contributed by atoms with Gasteiger partial charge < -0.3 is 15.2 Å². The van der Waals surface area contributed by atoms with Crippen molar-refractivity contribution in [3.8, 4) is 0 Å². The van der Waals surface area contributed by atoms with Crippen LogP contribution in [0.15, 0.2) is 46.5 Å². The highest BCUT2D eigenvalue weighted by molar-refractivity contribution is 7.99.